The predicted molar refractivity (Wildman–Crippen MR) is 118 cm³/mol. The number of nitrogens with zero attached hydrogens (tertiary/aromatic N) is 5. The normalized spacial score (nSPS) is 14.5. The van der Waals surface area contributed by atoms with Crippen molar-refractivity contribution in [3.05, 3.63) is 72.4 Å². The smallest absolute Gasteiger partial charge is 0.214 e. The van der Waals surface area contributed by atoms with Crippen molar-refractivity contribution < 1.29 is 9.53 Å². The van der Waals surface area contributed by atoms with E-state index in [1.165, 1.54) is 0 Å². The van der Waals surface area contributed by atoms with Crippen molar-refractivity contribution in [2.45, 2.75) is 12.5 Å². The summed E-state index contributed by atoms with van der Waals surface area (Å²) in [4.78, 5) is 23.8. The van der Waals surface area contributed by atoms with Gasteiger partial charge in [0.25, 0.3) is 0 Å². The molecular formula is C24H23N5O2. The summed E-state index contributed by atoms with van der Waals surface area (Å²) >= 11 is 0. The van der Waals surface area contributed by atoms with E-state index in [2.05, 4.69) is 32.1 Å². The highest BCUT2D eigenvalue weighted by Gasteiger charge is 2.25. The van der Waals surface area contributed by atoms with Crippen LogP contribution in [0.1, 0.15) is 16.1 Å². The van der Waals surface area contributed by atoms with E-state index in [1.54, 1.807) is 23.0 Å². The largest absolute Gasteiger partial charge is 0.472 e. The number of aryl methyl sites for hydroxylation is 1. The highest BCUT2D eigenvalue weighted by molar-refractivity contribution is 5.98. The number of fused-ring (bicyclic) bond motifs is 1. The number of ether oxygens (including phenoxy) is 1. The van der Waals surface area contributed by atoms with E-state index in [0.29, 0.717) is 11.4 Å². The molecule has 4 aromatic rings. The van der Waals surface area contributed by atoms with Gasteiger partial charge in [0.05, 0.1) is 12.6 Å². The number of pyridine rings is 2. The molecule has 156 valence electrons. The summed E-state index contributed by atoms with van der Waals surface area (Å²) in [5, 5.41) is 6.33. The molecule has 0 N–H and O–H groups in total. The number of hydrogen-bond acceptors (Lipinski definition) is 6. The molecule has 1 fully saturated rings. The van der Waals surface area contributed by atoms with Crippen LogP contribution >= 0.6 is 0 Å². The van der Waals surface area contributed by atoms with Gasteiger partial charge in [-0.15, -0.1) is 0 Å². The number of benzene rings is 1. The predicted octanol–water partition coefficient (Wildman–Crippen LogP) is 3.15. The van der Waals surface area contributed by atoms with Crippen molar-refractivity contribution >= 4 is 16.6 Å². The molecule has 3 aromatic heterocycles. The van der Waals surface area contributed by atoms with E-state index in [-0.39, 0.29) is 18.3 Å². The Morgan fingerprint density at radius 1 is 1.03 bits per heavy atom. The minimum Gasteiger partial charge on any atom is -0.472 e. The topological polar surface area (TPSA) is 73.1 Å². The Balaban J connectivity index is 1.34. The van der Waals surface area contributed by atoms with Crippen LogP contribution in [0, 0.1) is 0 Å². The third-order valence-electron chi connectivity index (χ3n) is 5.53. The van der Waals surface area contributed by atoms with Gasteiger partial charge in [-0.1, -0.05) is 12.1 Å². The van der Waals surface area contributed by atoms with Crippen molar-refractivity contribution in [1.29, 1.82) is 0 Å². The van der Waals surface area contributed by atoms with Gasteiger partial charge in [0, 0.05) is 67.0 Å². The quantitative estimate of drug-likeness (QED) is 0.452. The van der Waals surface area contributed by atoms with Gasteiger partial charge >= 0.3 is 0 Å². The molecular weight excluding hydrogens is 390 g/mol. The van der Waals surface area contributed by atoms with Crippen molar-refractivity contribution in [3.63, 3.8) is 0 Å². The van der Waals surface area contributed by atoms with Crippen LogP contribution in [0.25, 0.3) is 21.9 Å². The summed E-state index contributed by atoms with van der Waals surface area (Å²) in [6.07, 6.45) is 7.63. The number of likely N-dealkylation sites (N-methyl/N-ethyl adjacent to an activating group) is 1. The average molecular weight is 413 g/mol. The van der Waals surface area contributed by atoms with Crippen LogP contribution in [0.2, 0.25) is 0 Å². The molecule has 0 saturated carbocycles. The molecule has 4 heterocycles. The zero-order valence-electron chi connectivity index (χ0n) is 17.5. The maximum atomic E-state index is 12.9. The number of likely N-dealkylation sites (tertiary alicyclic amines) is 1. The van der Waals surface area contributed by atoms with E-state index in [0.717, 1.165) is 40.7 Å². The zero-order valence-corrected chi connectivity index (χ0v) is 17.5. The van der Waals surface area contributed by atoms with E-state index >= 15 is 0 Å². The average Bonchev–Trinajstić information content (AvgIpc) is 3.19. The Morgan fingerprint density at radius 3 is 2.68 bits per heavy atom. The number of ketones is 1. The summed E-state index contributed by atoms with van der Waals surface area (Å²) in [5.41, 5.74) is 3.46. The molecule has 1 aromatic carbocycles. The molecule has 0 atom stereocenters. The molecule has 5 rings (SSSR count). The first kappa shape index (κ1) is 19.4. The van der Waals surface area contributed by atoms with Gasteiger partial charge in [-0.2, -0.15) is 5.10 Å². The molecule has 0 aliphatic carbocycles. The first-order chi connectivity index (χ1) is 15.0. The molecule has 31 heavy (non-hydrogen) atoms. The van der Waals surface area contributed by atoms with Crippen molar-refractivity contribution in [1.82, 2.24) is 24.6 Å². The SMILES string of the molecule is CN1CC(Oc2cc(C(=O)Cc3cc4cc(-c5cnn(C)c5)ccc4cn3)ccn2)C1. The molecule has 0 unspecified atom stereocenters. The second-order valence-electron chi connectivity index (χ2n) is 8.08. The second-order valence-corrected chi connectivity index (χ2v) is 8.08. The minimum atomic E-state index is -0.00626. The summed E-state index contributed by atoms with van der Waals surface area (Å²) in [5.74, 6) is 0.491. The van der Waals surface area contributed by atoms with Crippen molar-refractivity contribution in [3.8, 4) is 17.0 Å². The van der Waals surface area contributed by atoms with E-state index < -0.39 is 0 Å². The second kappa shape index (κ2) is 7.92. The number of carbonyl (C=O) groups is 1. The van der Waals surface area contributed by atoms with Crippen LogP contribution in [-0.4, -0.2) is 56.7 Å². The maximum absolute atomic E-state index is 12.9. The lowest BCUT2D eigenvalue weighted by Crippen LogP contribution is -2.51. The van der Waals surface area contributed by atoms with Gasteiger partial charge in [-0.3, -0.25) is 19.4 Å². The lowest BCUT2D eigenvalue weighted by atomic mass is 10.0. The van der Waals surface area contributed by atoms with Gasteiger partial charge in [0.15, 0.2) is 5.78 Å². The first-order valence-corrected chi connectivity index (χ1v) is 10.3. The Labute approximate surface area is 180 Å². The van der Waals surface area contributed by atoms with Gasteiger partial charge in [-0.05, 0) is 36.2 Å². The zero-order chi connectivity index (χ0) is 21.4. The van der Waals surface area contributed by atoms with E-state index in [9.17, 15) is 4.79 Å². The molecule has 7 nitrogen and oxygen atoms in total. The fourth-order valence-electron chi connectivity index (χ4n) is 3.83. The molecule has 1 aliphatic rings. The Kier molecular flexibility index (Phi) is 4.95. The van der Waals surface area contributed by atoms with Crippen LogP contribution in [0.15, 0.2) is 61.2 Å². The monoisotopic (exact) mass is 413 g/mol. The Hall–Kier alpha value is -3.58. The number of hydrogen-bond donors (Lipinski definition) is 0. The molecule has 1 aliphatic heterocycles. The highest BCUT2D eigenvalue weighted by atomic mass is 16.5. The van der Waals surface area contributed by atoms with Crippen LogP contribution < -0.4 is 4.74 Å². The van der Waals surface area contributed by atoms with Crippen molar-refractivity contribution in [2.75, 3.05) is 20.1 Å². The number of rotatable bonds is 6. The lowest BCUT2D eigenvalue weighted by Gasteiger charge is -2.35. The third kappa shape index (κ3) is 4.18. The molecule has 1 saturated heterocycles. The third-order valence-corrected chi connectivity index (χ3v) is 5.53. The summed E-state index contributed by atoms with van der Waals surface area (Å²) in [6.45, 7) is 1.75. The minimum absolute atomic E-state index is 0.00626. The number of Topliss-reactive ketones (excluding diaryl/α,β-unsaturated/α-hetero) is 1. The van der Waals surface area contributed by atoms with Crippen LogP contribution in [0.3, 0.4) is 0 Å². The van der Waals surface area contributed by atoms with Gasteiger partial charge < -0.3 is 4.74 Å². The van der Waals surface area contributed by atoms with Crippen molar-refractivity contribution in [2.24, 2.45) is 7.05 Å². The summed E-state index contributed by atoms with van der Waals surface area (Å²) < 4.78 is 7.63. The molecule has 7 heteroatoms. The summed E-state index contributed by atoms with van der Waals surface area (Å²) in [7, 11) is 3.95. The fraction of sp³-hybridized carbons (Fsp3) is 0.250. The Morgan fingerprint density at radius 2 is 1.90 bits per heavy atom. The number of aromatic nitrogens is 4. The molecule has 0 amide bonds. The number of carbonyl (C=O) groups excluding carboxylic acids is 1. The van der Waals surface area contributed by atoms with Gasteiger partial charge in [0.1, 0.15) is 6.10 Å². The first-order valence-electron chi connectivity index (χ1n) is 10.3. The van der Waals surface area contributed by atoms with Crippen LogP contribution in [-0.2, 0) is 13.5 Å². The van der Waals surface area contributed by atoms with Gasteiger partial charge in [-0.25, -0.2) is 4.98 Å². The van der Waals surface area contributed by atoms with E-state index in [4.69, 9.17) is 4.74 Å². The molecule has 0 bridgehead atoms. The standard InChI is InChI=1S/C24H23N5O2/c1-28-14-22(15-28)31-24-9-17(5-6-25-24)23(30)10-21-8-19-7-16(3-4-18(19)11-26-21)20-12-27-29(2)13-20/h3-9,11-13,22H,10,14-15H2,1-2H3. The maximum Gasteiger partial charge on any atom is 0.214 e. The lowest BCUT2D eigenvalue weighted by molar-refractivity contribution is 0.0355. The van der Waals surface area contributed by atoms with Crippen LogP contribution in [0.4, 0.5) is 0 Å². The van der Waals surface area contributed by atoms with Gasteiger partial charge in [0.2, 0.25) is 5.88 Å². The fourth-order valence-corrected chi connectivity index (χ4v) is 3.83. The van der Waals surface area contributed by atoms with E-state index in [1.807, 2.05) is 44.8 Å². The molecule has 0 spiro atoms. The summed E-state index contributed by atoms with van der Waals surface area (Å²) in [6, 6.07) is 11.6. The highest BCUT2D eigenvalue weighted by Crippen LogP contribution is 2.24. The molecule has 0 radical (unpaired) electrons. The van der Waals surface area contributed by atoms with Crippen LogP contribution in [0.5, 0.6) is 5.88 Å². The Bertz CT molecular complexity index is 1260.